The van der Waals surface area contributed by atoms with Gasteiger partial charge in [-0.3, -0.25) is 15.0 Å². The molecule has 4 heterocycles. The second kappa shape index (κ2) is 8.78. The van der Waals surface area contributed by atoms with Crippen molar-refractivity contribution >= 4 is 16.6 Å². The fourth-order valence-electron chi connectivity index (χ4n) is 5.05. The Morgan fingerprint density at radius 3 is 2.69 bits per heavy atom. The summed E-state index contributed by atoms with van der Waals surface area (Å²) >= 11 is 0. The highest BCUT2D eigenvalue weighted by Crippen LogP contribution is 2.39. The summed E-state index contributed by atoms with van der Waals surface area (Å²) in [6.07, 6.45) is 2.36. The van der Waals surface area contributed by atoms with Crippen molar-refractivity contribution in [2.75, 3.05) is 44.8 Å². The van der Waals surface area contributed by atoms with Crippen LogP contribution in [0.4, 0.5) is 10.1 Å². The summed E-state index contributed by atoms with van der Waals surface area (Å²) in [5.74, 6) is 0.944. The van der Waals surface area contributed by atoms with E-state index in [0.717, 1.165) is 53.2 Å². The van der Waals surface area contributed by atoms with Gasteiger partial charge in [0, 0.05) is 42.5 Å². The Morgan fingerprint density at radius 2 is 1.86 bits per heavy atom. The molecule has 0 spiro atoms. The van der Waals surface area contributed by atoms with Crippen molar-refractivity contribution in [2.24, 2.45) is 0 Å². The zero-order valence-electron chi connectivity index (χ0n) is 20.8. The number of aromatic amines is 1. The van der Waals surface area contributed by atoms with E-state index >= 15 is 0 Å². The minimum atomic E-state index is -0.366. The van der Waals surface area contributed by atoms with Crippen LogP contribution in [0.15, 0.2) is 48.7 Å². The number of piperazine rings is 1. The molecule has 2 aliphatic rings. The normalized spacial score (nSPS) is 17.8. The topological polar surface area (TPSA) is 66.5 Å². The number of hydrogen-bond acceptors (Lipinski definition) is 6. The van der Waals surface area contributed by atoms with E-state index in [0.29, 0.717) is 36.6 Å². The average molecular weight is 488 g/mol. The third-order valence-corrected chi connectivity index (χ3v) is 7.37. The molecule has 0 radical (unpaired) electrons. The van der Waals surface area contributed by atoms with Gasteiger partial charge in [0.2, 0.25) is 0 Å². The number of likely N-dealkylation sites (N-methyl/N-ethyl adjacent to an activating group) is 1. The largest absolute Gasteiger partial charge is 0.493 e. The molecule has 0 aliphatic carbocycles. The van der Waals surface area contributed by atoms with Crippen LogP contribution in [0, 0.1) is 5.82 Å². The van der Waals surface area contributed by atoms with E-state index in [2.05, 4.69) is 64.1 Å². The average Bonchev–Trinajstić information content (AvgIpc) is 3.28. The lowest BCUT2D eigenvalue weighted by Gasteiger charge is -2.46. The lowest BCUT2D eigenvalue weighted by molar-refractivity contribution is 0.138. The highest BCUT2D eigenvalue weighted by atomic mass is 19.1. The fraction of sp³-hybridized carbons (Fsp3) is 0.357. The number of benzene rings is 2. The molecule has 1 saturated heterocycles. The molecule has 4 bridgehead atoms. The molecule has 36 heavy (non-hydrogen) atoms. The zero-order chi connectivity index (χ0) is 24.9. The van der Waals surface area contributed by atoms with Crippen LogP contribution in [-0.2, 0) is 0 Å². The fourth-order valence-corrected chi connectivity index (χ4v) is 5.05. The molecule has 1 N–H and O–H groups in total. The van der Waals surface area contributed by atoms with Crippen molar-refractivity contribution in [2.45, 2.75) is 25.8 Å². The van der Waals surface area contributed by atoms with Crippen LogP contribution < -0.4 is 14.4 Å². The highest BCUT2D eigenvalue weighted by Gasteiger charge is 2.32. The maximum atomic E-state index is 14.9. The molecule has 0 saturated carbocycles. The standard InChI is InChI=1S/C28H30FN5O2/c1-28(2)17-34(11-10-33(28)3)23-9-8-18-14-25(23)36-13-5-12-35-24-7-4-6-20(29)26(24)21-15-19-22(16-30-21)31-32-27(18)19/h4,6-9,14-16H,5,10-13,17H2,1-3H3,(H,31,32). The Labute approximate surface area is 209 Å². The molecule has 1 fully saturated rings. The lowest BCUT2D eigenvalue weighted by Crippen LogP contribution is -2.57. The summed E-state index contributed by atoms with van der Waals surface area (Å²) in [6, 6.07) is 13.0. The number of nitrogens with zero attached hydrogens (tertiary/aromatic N) is 4. The van der Waals surface area contributed by atoms with Crippen molar-refractivity contribution in [3.63, 3.8) is 0 Å². The van der Waals surface area contributed by atoms with Crippen LogP contribution in [0.5, 0.6) is 11.5 Å². The van der Waals surface area contributed by atoms with Crippen molar-refractivity contribution in [3.8, 4) is 34.0 Å². The van der Waals surface area contributed by atoms with Crippen LogP contribution in [0.2, 0.25) is 0 Å². The van der Waals surface area contributed by atoms with Gasteiger partial charge in [-0.2, -0.15) is 5.10 Å². The van der Waals surface area contributed by atoms with Crippen LogP contribution >= 0.6 is 0 Å². The van der Waals surface area contributed by atoms with E-state index < -0.39 is 0 Å². The van der Waals surface area contributed by atoms with Crippen molar-refractivity contribution in [3.05, 3.63) is 54.5 Å². The van der Waals surface area contributed by atoms with E-state index in [1.807, 2.05) is 6.07 Å². The van der Waals surface area contributed by atoms with Crippen LogP contribution in [0.3, 0.4) is 0 Å². The lowest BCUT2D eigenvalue weighted by atomic mass is 9.98. The summed E-state index contributed by atoms with van der Waals surface area (Å²) in [5.41, 5.74) is 4.52. The second-order valence-electron chi connectivity index (χ2n) is 10.2. The number of halogens is 1. The number of anilines is 1. The Balaban J connectivity index is 1.47. The number of aromatic nitrogens is 3. The molecule has 186 valence electrons. The molecule has 4 aromatic rings. The Bertz CT molecular complexity index is 1430. The monoisotopic (exact) mass is 487 g/mol. The molecule has 0 atom stereocenters. The first-order valence-corrected chi connectivity index (χ1v) is 12.4. The van der Waals surface area contributed by atoms with E-state index in [1.165, 1.54) is 6.07 Å². The predicted molar refractivity (Wildman–Crippen MR) is 139 cm³/mol. The molecule has 0 amide bonds. The van der Waals surface area contributed by atoms with Gasteiger partial charge in [0.1, 0.15) is 23.0 Å². The number of fused-ring (bicyclic) bond motifs is 6. The second-order valence-corrected chi connectivity index (χ2v) is 10.2. The van der Waals surface area contributed by atoms with Gasteiger partial charge in [-0.1, -0.05) is 12.1 Å². The van der Waals surface area contributed by atoms with Gasteiger partial charge >= 0.3 is 0 Å². The van der Waals surface area contributed by atoms with Gasteiger partial charge in [-0.25, -0.2) is 4.39 Å². The van der Waals surface area contributed by atoms with Gasteiger partial charge in [-0.05, 0) is 51.2 Å². The third kappa shape index (κ3) is 3.95. The number of H-pyrrole nitrogens is 1. The first kappa shape index (κ1) is 22.8. The van der Waals surface area contributed by atoms with Crippen LogP contribution in [0.1, 0.15) is 20.3 Å². The number of rotatable bonds is 1. The first-order valence-electron chi connectivity index (χ1n) is 12.4. The third-order valence-electron chi connectivity index (χ3n) is 7.37. The van der Waals surface area contributed by atoms with E-state index in [9.17, 15) is 4.39 Å². The molecule has 2 aromatic heterocycles. The maximum Gasteiger partial charge on any atom is 0.143 e. The molecule has 6 rings (SSSR count). The SMILES string of the molecule is CN1CCN(c2ccc3cc2OCCCOc2cccc(F)c2-c2cc4c-3n[nH]c4cn2)CC1(C)C. The molecule has 8 heteroatoms. The van der Waals surface area contributed by atoms with Gasteiger partial charge in [0.15, 0.2) is 0 Å². The van der Waals surface area contributed by atoms with Crippen LogP contribution in [-0.4, -0.2) is 65.5 Å². The Kier molecular flexibility index (Phi) is 5.56. The quantitative estimate of drug-likeness (QED) is 0.402. The summed E-state index contributed by atoms with van der Waals surface area (Å²) in [5, 5.41) is 8.53. The van der Waals surface area contributed by atoms with Crippen LogP contribution in [0.25, 0.3) is 33.4 Å². The van der Waals surface area contributed by atoms with Gasteiger partial charge < -0.3 is 14.4 Å². The number of pyridine rings is 1. The van der Waals surface area contributed by atoms with Crippen molar-refractivity contribution in [1.82, 2.24) is 20.1 Å². The van der Waals surface area contributed by atoms with E-state index in [-0.39, 0.29) is 11.4 Å². The number of nitrogens with one attached hydrogen (secondary N) is 1. The minimum Gasteiger partial charge on any atom is -0.493 e. The smallest absolute Gasteiger partial charge is 0.143 e. The maximum absolute atomic E-state index is 14.9. The summed E-state index contributed by atoms with van der Waals surface area (Å²) in [6.45, 7) is 8.26. The van der Waals surface area contributed by atoms with E-state index in [4.69, 9.17) is 9.47 Å². The first-order chi connectivity index (χ1) is 17.4. The molecule has 0 unspecified atom stereocenters. The Hall–Kier alpha value is -3.65. The van der Waals surface area contributed by atoms with Gasteiger partial charge in [0.05, 0.1) is 41.9 Å². The van der Waals surface area contributed by atoms with Crippen molar-refractivity contribution < 1.29 is 13.9 Å². The van der Waals surface area contributed by atoms with E-state index in [1.54, 1.807) is 18.3 Å². The number of ether oxygens (including phenoxy) is 2. The molecular formula is C28H30FN5O2. The highest BCUT2D eigenvalue weighted by molar-refractivity contribution is 5.95. The summed E-state index contributed by atoms with van der Waals surface area (Å²) in [7, 11) is 2.18. The molecule has 2 aliphatic heterocycles. The van der Waals surface area contributed by atoms with Gasteiger partial charge in [0.25, 0.3) is 0 Å². The molecule has 7 nitrogen and oxygen atoms in total. The minimum absolute atomic E-state index is 0.0590. The zero-order valence-corrected chi connectivity index (χ0v) is 20.8. The van der Waals surface area contributed by atoms with Gasteiger partial charge in [-0.15, -0.1) is 0 Å². The number of hydrogen-bond donors (Lipinski definition) is 1. The predicted octanol–water partition coefficient (Wildman–Crippen LogP) is 5.12. The molecule has 2 aromatic carbocycles. The summed E-state index contributed by atoms with van der Waals surface area (Å²) in [4.78, 5) is 9.32. The summed E-state index contributed by atoms with van der Waals surface area (Å²) < 4.78 is 27.3. The van der Waals surface area contributed by atoms with Crippen molar-refractivity contribution in [1.29, 1.82) is 0 Å². The molecular weight excluding hydrogens is 457 g/mol. The Morgan fingerprint density at radius 1 is 1.03 bits per heavy atom.